The van der Waals surface area contributed by atoms with Crippen LogP contribution in [0, 0.1) is 13.8 Å². The first-order valence-electron chi connectivity index (χ1n) is 16.7. The Hall–Kier alpha value is -2.36. The van der Waals surface area contributed by atoms with Crippen molar-refractivity contribution in [2.24, 2.45) is 0 Å². The minimum Gasteiger partial charge on any atom is -0.426 e. The van der Waals surface area contributed by atoms with E-state index in [-0.39, 0.29) is 21.7 Å². The Balaban J connectivity index is 1.91. The highest BCUT2D eigenvalue weighted by molar-refractivity contribution is 7.43. The molecule has 3 aromatic carbocycles. The highest BCUT2D eigenvalue weighted by Crippen LogP contribution is 2.59. The van der Waals surface area contributed by atoms with Crippen LogP contribution in [0.3, 0.4) is 0 Å². The van der Waals surface area contributed by atoms with Gasteiger partial charge < -0.3 is 27.1 Å². The van der Waals surface area contributed by atoms with Gasteiger partial charge in [0.2, 0.25) is 0 Å². The lowest BCUT2D eigenvalue weighted by molar-refractivity contribution is 0.147. The van der Waals surface area contributed by atoms with E-state index in [2.05, 4.69) is 109 Å². The van der Waals surface area contributed by atoms with Gasteiger partial charge in [0.15, 0.2) is 11.5 Å². The van der Waals surface area contributed by atoms with Crippen molar-refractivity contribution in [3.8, 4) is 34.1 Å². The fraction of sp³-hybridized carbons (Fsp3) is 0.538. The molecule has 6 nitrogen and oxygen atoms in total. The Labute approximate surface area is 285 Å². The first-order chi connectivity index (χ1) is 21.7. The van der Waals surface area contributed by atoms with E-state index in [1.54, 1.807) is 0 Å². The molecule has 0 aromatic heterocycles. The molecular weight excluding hydrogens is 626 g/mol. The SMILES string of the molecule is Cc1c(C(C)(C)C)cc(C(C)(C)C)c(OP2OCCCO2)c1-c1c(C)c(C(C)(C)C)cc(C(C)(C)C)c1OP1Oc2ccccc2O1. The standard InChI is InChI=1S/C39H54O6P2/c1-24-26(36(3,4)5)22-28(38(9,10)11)34(44-46-40-20-17-21-41-46)32(24)33-25(2)27(37(6,7)8)23-29(39(12,13)14)35(33)45-47-42-30-18-15-16-19-31(30)43-47/h15-16,18-19,22-23H,17,20-21H2,1-14H3. The molecule has 2 aliphatic heterocycles. The molecule has 8 heteroatoms. The molecule has 2 heterocycles. The number of benzene rings is 3. The van der Waals surface area contributed by atoms with Crippen molar-refractivity contribution < 1.29 is 27.1 Å². The van der Waals surface area contributed by atoms with Gasteiger partial charge in [0.1, 0.15) is 11.5 Å². The summed E-state index contributed by atoms with van der Waals surface area (Å²) in [5.41, 5.74) is 8.26. The average molecular weight is 681 g/mol. The average Bonchev–Trinajstić information content (AvgIpc) is 3.34. The van der Waals surface area contributed by atoms with Gasteiger partial charge in [0.25, 0.3) is 0 Å². The van der Waals surface area contributed by atoms with Crippen molar-refractivity contribution in [2.45, 2.75) is 125 Å². The maximum absolute atomic E-state index is 7.01. The zero-order valence-corrected chi connectivity index (χ0v) is 32.7. The second-order valence-corrected chi connectivity index (χ2v) is 19.0. The van der Waals surface area contributed by atoms with Crippen LogP contribution >= 0.6 is 17.2 Å². The number of rotatable bonds is 5. The maximum Gasteiger partial charge on any atom is 0.530 e. The second kappa shape index (κ2) is 12.8. The van der Waals surface area contributed by atoms with Gasteiger partial charge in [-0.3, -0.25) is 0 Å². The van der Waals surface area contributed by atoms with Crippen molar-refractivity contribution in [3.63, 3.8) is 0 Å². The van der Waals surface area contributed by atoms with Crippen molar-refractivity contribution in [3.05, 3.63) is 69.8 Å². The molecule has 0 radical (unpaired) electrons. The number of fused-ring (bicyclic) bond motifs is 1. The third kappa shape index (κ3) is 7.47. The van der Waals surface area contributed by atoms with Crippen LogP contribution in [0.2, 0.25) is 0 Å². The fourth-order valence-corrected chi connectivity index (χ4v) is 8.52. The molecular formula is C39H54O6P2. The molecule has 0 atom stereocenters. The van der Waals surface area contributed by atoms with Gasteiger partial charge in [-0.2, -0.15) is 0 Å². The zero-order chi connectivity index (χ0) is 34.7. The van der Waals surface area contributed by atoms with E-state index >= 15 is 0 Å². The molecule has 47 heavy (non-hydrogen) atoms. The van der Waals surface area contributed by atoms with Gasteiger partial charge >= 0.3 is 17.2 Å². The molecule has 2 aliphatic rings. The van der Waals surface area contributed by atoms with Crippen LogP contribution in [0.5, 0.6) is 23.0 Å². The first kappa shape index (κ1) is 35.9. The predicted molar refractivity (Wildman–Crippen MR) is 195 cm³/mol. The summed E-state index contributed by atoms with van der Waals surface area (Å²) in [5.74, 6) is 2.94. The Kier molecular flexibility index (Phi) is 9.81. The third-order valence-electron chi connectivity index (χ3n) is 8.77. The summed E-state index contributed by atoms with van der Waals surface area (Å²) >= 11 is 0. The van der Waals surface area contributed by atoms with Gasteiger partial charge in [-0.15, -0.1) is 0 Å². The van der Waals surface area contributed by atoms with E-state index in [1.807, 2.05) is 24.3 Å². The summed E-state index contributed by atoms with van der Waals surface area (Å²) in [6, 6.07) is 12.4. The fourth-order valence-electron chi connectivity index (χ4n) is 6.37. The molecule has 0 aliphatic carbocycles. The Bertz CT molecular complexity index is 1600. The monoisotopic (exact) mass is 680 g/mol. The van der Waals surface area contributed by atoms with E-state index in [9.17, 15) is 0 Å². The lowest BCUT2D eigenvalue weighted by atomic mass is 9.72. The van der Waals surface area contributed by atoms with E-state index in [4.69, 9.17) is 27.1 Å². The van der Waals surface area contributed by atoms with Crippen molar-refractivity contribution in [2.75, 3.05) is 13.2 Å². The molecule has 3 aromatic rings. The first-order valence-corrected chi connectivity index (χ1v) is 18.9. The second-order valence-electron chi connectivity index (χ2n) is 16.9. The van der Waals surface area contributed by atoms with Gasteiger partial charge in [0.05, 0.1) is 13.2 Å². The van der Waals surface area contributed by atoms with Crippen molar-refractivity contribution >= 4 is 17.2 Å². The minimum absolute atomic E-state index is 0.132. The Morgan fingerprint density at radius 3 is 1.26 bits per heavy atom. The highest BCUT2D eigenvalue weighted by Gasteiger charge is 2.39. The number of hydrogen-bond donors (Lipinski definition) is 0. The molecule has 5 rings (SSSR count). The quantitative estimate of drug-likeness (QED) is 0.250. The largest absolute Gasteiger partial charge is 0.530 e. The topological polar surface area (TPSA) is 55.4 Å². The van der Waals surface area contributed by atoms with Gasteiger partial charge in [0, 0.05) is 22.3 Å². The van der Waals surface area contributed by atoms with E-state index in [0.717, 1.165) is 51.3 Å². The zero-order valence-electron chi connectivity index (χ0n) is 30.9. The smallest absolute Gasteiger partial charge is 0.426 e. The summed E-state index contributed by atoms with van der Waals surface area (Å²) in [6.07, 6.45) is 0.856. The molecule has 0 spiro atoms. The van der Waals surface area contributed by atoms with Crippen LogP contribution in [0.15, 0.2) is 36.4 Å². The van der Waals surface area contributed by atoms with Crippen LogP contribution in [-0.2, 0) is 30.7 Å². The van der Waals surface area contributed by atoms with Gasteiger partial charge in [-0.1, -0.05) is 107 Å². The van der Waals surface area contributed by atoms with Crippen molar-refractivity contribution in [1.29, 1.82) is 0 Å². The molecule has 0 N–H and O–H groups in total. The van der Waals surface area contributed by atoms with E-state index in [1.165, 1.54) is 11.1 Å². The predicted octanol–water partition coefficient (Wildman–Crippen LogP) is 12.3. The van der Waals surface area contributed by atoms with Gasteiger partial charge in [-0.05, 0) is 76.3 Å². The highest BCUT2D eigenvalue weighted by atomic mass is 31.2. The Morgan fingerprint density at radius 1 is 0.532 bits per heavy atom. The minimum atomic E-state index is -1.75. The van der Waals surface area contributed by atoms with Crippen LogP contribution in [0.4, 0.5) is 0 Å². The normalized spacial score (nSPS) is 16.5. The lowest BCUT2D eigenvalue weighted by Crippen LogP contribution is -2.22. The van der Waals surface area contributed by atoms with E-state index < -0.39 is 17.2 Å². The summed E-state index contributed by atoms with van der Waals surface area (Å²) in [7, 11) is -3.33. The summed E-state index contributed by atoms with van der Waals surface area (Å²) in [4.78, 5) is 0. The third-order valence-corrected chi connectivity index (χ3v) is 10.9. The number of hydrogen-bond acceptors (Lipinski definition) is 6. The van der Waals surface area contributed by atoms with Gasteiger partial charge in [-0.25, -0.2) is 0 Å². The molecule has 0 unspecified atom stereocenters. The molecule has 0 amide bonds. The van der Waals surface area contributed by atoms with Crippen molar-refractivity contribution in [1.82, 2.24) is 0 Å². The van der Waals surface area contributed by atoms with Crippen LogP contribution < -0.4 is 18.1 Å². The molecule has 1 fully saturated rings. The summed E-state index contributed by atoms with van der Waals surface area (Å²) < 4.78 is 38.7. The van der Waals surface area contributed by atoms with Crippen LogP contribution in [0.1, 0.15) is 123 Å². The molecule has 1 saturated heterocycles. The molecule has 0 bridgehead atoms. The molecule has 256 valence electrons. The maximum atomic E-state index is 7.01. The van der Waals surface area contributed by atoms with Crippen LogP contribution in [0.25, 0.3) is 11.1 Å². The molecule has 0 saturated carbocycles. The van der Waals surface area contributed by atoms with E-state index in [0.29, 0.717) is 24.7 Å². The number of para-hydroxylation sites is 2. The summed E-state index contributed by atoms with van der Waals surface area (Å²) in [5, 5.41) is 0. The van der Waals surface area contributed by atoms with Crippen LogP contribution in [-0.4, -0.2) is 13.2 Å². The summed E-state index contributed by atoms with van der Waals surface area (Å²) in [6.45, 7) is 32.8. The lowest BCUT2D eigenvalue weighted by Gasteiger charge is -2.36. The Morgan fingerprint density at radius 2 is 0.894 bits per heavy atom.